The van der Waals surface area contributed by atoms with Crippen LogP contribution in [0.2, 0.25) is 0 Å². The molecule has 0 saturated carbocycles. The summed E-state index contributed by atoms with van der Waals surface area (Å²) in [6, 6.07) is 7.03. The standard InChI is InChI=1S/C29H40N4O5/c1-18-13-21(16-32(6)27(18)35)26-31-23-11-10-20(14-24(23)33(26)17-22-9-7-8-12-37-22)15-30-25(19(2)34)28(36)38-29(3,4)5/h10-11,13-14,16,19,22,25,30,34H,7-9,12,15,17H2,1-6H3/t19-,22-,25-/m1/s1. The van der Waals surface area contributed by atoms with Crippen LogP contribution in [0.4, 0.5) is 0 Å². The maximum absolute atomic E-state index is 12.7. The molecule has 2 aromatic heterocycles. The highest BCUT2D eigenvalue weighted by Gasteiger charge is 2.28. The van der Waals surface area contributed by atoms with Crippen LogP contribution in [0.1, 0.15) is 58.1 Å². The van der Waals surface area contributed by atoms with Crippen molar-refractivity contribution in [2.24, 2.45) is 7.05 Å². The number of carbonyl (C=O) groups excluding carboxylic acids is 1. The van der Waals surface area contributed by atoms with Crippen LogP contribution in [0, 0.1) is 6.92 Å². The Bertz CT molecular complexity index is 1320. The second kappa shape index (κ2) is 11.4. The van der Waals surface area contributed by atoms with E-state index < -0.39 is 23.7 Å². The number of fused-ring (bicyclic) bond motifs is 1. The molecule has 0 radical (unpaired) electrons. The summed E-state index contributed by atoms with van der Waals surface area (Å²) < 4.78 is 15.3. The molecule has 1 saturated heterocycles. The van der Waals surface area contributed by atoms with Crippen molar-refractivity contribution in [2.75, 3.05) is 6.61 Å². The van der Waals surface area contributed by atoms with Gasteiger partial charge >= 0.3 is 5.97 Å². The third-order valence-electron chi connectivity index (χ3n) is 6.76. The summed E-state index contributed by atoms with van der Waals surface area (Å²) >= 11 is 0. The van der Waals surface area contributed by atoms with E-state index in [4.69, 9.17) is 14.5 Å². The average molecular weight is 525 g/mol. The van der Waals surface area contributed by atoms with E-state index >= 15 is 0 Å². The SMILES string of the molecule is Cc1cc(-c2nc3ccc(CN[C@@H](C(=O)OC(C)(C)C)[C@@H](C)O)cc3n2C[C@H]2CCCCO2)cn(C)c1=O. The molecule has 9 nitrogen and oxygen atoms in total. The van der Waals surface area contributed by atoms with Gasteiger partial charge in [-0.25, -0.2) is 4.98 Å². The van der Waals surface area contributed by atoms with E-state index in [1.54, 1.807) is 39.3 Å². The molecule has 2 N–H and O–H groups in total. The molecule has 206 valence electrons. The van der Waals surface area contributed by atoms with E-state index in [9.17, 15) is 14.7 Å². The van der Waals surface area contributed by atoms with E-state index in [0.717, 1.165) is 53.9 Å². The summed E-state index contributed by atoms with van der Waals surface area (Å²) in [4.78, 5) is 29.9. The third-order valence-corrected chi connectivity index (χ3v) is 6.76. The number of esters is 1. The molecule has 1 aromatic carbocycles. The monoisotopic (exact) mass is 524 g/mol. The first-order valence-corrected chi connectivity index (χ1v) is 13.4. The number of nitrogens with zero attached hydrogens (tertiary/aromatic N) is 3. The summed E-state index contributed by atoms with van der Waals surface area (Å²) in [5, 5.41) is 13.4. The van der Waals surface area contributed by atoms with E-state index in [1.807, 2.05) is 31.3 Å². The number of pyridine rings is 1. The normalized spacial score (nSPS) is 17.9. The highest BCUT2D eigenvalue weighted by Crippen LogP contribution is 2.28. The van der Waals surface area contributed by atoms with Crippen LogP contribution in [-0.2, 0) is 34.4 Å². The zero-order valence-corrected chi connectivity index (χ0v) is 23.3. The molecule has 0 unspecified atom stereocenters. The molecule has 0 spiro atoms. The molecule has 9 heteroatoms. The first kappa shape index (κ1) is 28.0. The Balaban J connectivity index is 1.68. The van der Waals surface area contributed by atoms with Gasteiger partial charge in [-0.15, -0.1) is 0 Å². The maximum atomic E-state index is 12.7. The van der Waals surface area contributed by atoms with Crippen molar-refractivity contribution < 1.29 is 19.4 Å². The lowest BCUT2D eigenvalue weighted by molar-refractivity contribution is -0.160. The number of ether oxygens (including phenoxy) is 2. The molecule has 0 bridgehead atoms. The first-order valence-electron chi connectivity index (χ1n) is 13.4. The van der Waals surface area contributed by atoms with Crippen molar-refractivity contribution in [3.8, 4) is 11.4 Å². The van der Waals surface area contributed by atoms with E-state index in [1.165, 1.54) is 0 Å². The van der Waals surface area contributed by atoms with Gasteiger partial charge < -0.3 is 23.7 Å². The lowest BCUT2D eigenvalue weighted by Crippen LogP contribution is -2.47. The van der Waals surface area contributed by atoms with Crippen LogP contribution < -0.4 is 10.9 Å². The quantitative estimate of drug-likeness (QED) is 0.435. The number of nitrogens with one attached hydrogen (secondary N) is 1. The lowest BCUT2D eigenvalue weighted by Gasteiger charge is -2.26. The van der Waals surface area contributed by atoms with Gasteiger partial charge in [-0.1, -0.05) is 6.07 Å². The van der Waals surface area contributed by atoms with Crippen molar-refractivity contribution in [1.82, 2.24) is 19.4 Å². The number of aryl methyl sites for hydroxylation is 2. The minimum atomic E-state index is -0.915. The summed E-state index contributed by atoms with van der Waals surface area (Å²) in [7, 11) is 1.75. The van der Waals surface area contributed by atoms with Crippen molar-refractivity contribution in [3.05, 3.63) is 51.9 Å². The minimum absolute atomic E-state index is 0.0296. The topological polar surface area (TPSA) is 108 Å². The fraction of sp³-hybridized carbons (Fsp3) is 0.552. The Hall–Kier alpha value is -3.01. The molecule has 3 aromatic rings. The Labute approximate surface area is 223 Å². The highest BCUT2D eigenvalue weighted by atomic mass is 16.6. The van der Waals surface area contributed by atoms with E-state index in [0.29, 0.717) is 18.7 Å². The van der Waals surface area contributed by atoms with Crippen LogP contribution in [0.25, 0.3) is 22.4 Å². The van der Waals surface area contributed by atoms with Gasteiger partial charge in [0.1, 0.15) is 17.5 Å². The number of rotatable bonds is 8. The molecular formula is C29H40N4O5. The van der Waals surface area contributed by atoms with Gasteiger partial charge in [0.2, 0.25) is 0 Å². The smallest absolute Gasteiger partial charge is 0.326 e. The number of aromatic nitrogens is 3. The molecular weight excluding hydrogens is 484 g/mol. The summed E-state index contributed by atoms with van der Waals surface area (Å²) in [6.45, 7) is 10.6. The van der Waals surface area contributed by atoms with Gasteiger partial charge in [0.15, 0.2) is 0 Å². The second-order valence-corrected chi connectivity index (χ2v) is 11.3. The fourth-order valence-electron chi connectivity index (χ4n) is 4.88. The zero-order valence-electron chi connectivity index (χ0n) is 23.3. The summed E-state index contributed by atoms with van der Waals surface area (Å²) in [6.07, 6.45) is 4.19. The predicted molar refractivity (Wildman–Crippen MR) is 147 cm³/mol. The van der Waals surface area contributed by atoms with Crippen molar-refractivity contribution >= 4 is 17.0 Å². The fourth-order valence-corrected chi connectivity index (χ4v) is 4.88. The maximum Gasteiger partial charge on any atom is 0.326 e. The second-order valence-electron chi connectivity index (χ2n) is 11.3. The Morgan fingerprint density at radius 3 is 2.68 bits per heavy atom. The number of hydrogen-bond acceptors (Lipinski definition) is 7. The molecule has 3 heterocycles. The third kappa shape index (κ3) is 6.51. The largest absolute Gasteiger partial charge is 0.459 e. The number of aliphatic hydroxyl groups excluding tert-OH is 1. The molecule has 38 heavy (non-hydrogen) atoms. The van der Waals surface area contributed by atoms with Gasteiger partial charge in [-0.05, 0) is 77.6 Å². The van der Waals surface area contributed by atoms with Gasteiger partial charge in [-0.2, -0.15) is 0 Å². The van der Waals surface area contributed by atoms with Crippen LogP contribution in [0.15, 0.2) is 35.3 Å². The first-order chi connectivity index (χ1) is 17.9. The predicted octanol–water partition coefficient (Wildman–Crippen LogP) is 3.46. The molecule has 1 fully saturated rings. The zero-order chi connectivity index (χ0) is 27.6. The van der Waals surface area contributed by atoms with E-state index in [-0.39, 0.29) is 11.7 Å². The number of benzene rings is 1. The van der Waals surface area contributed by atoms with Crippen LogP contribution in [0.5, 0.6) is 0 Å². The van der Waals surface area contributed by atoms with Crippen molar-refractivity contribution in [3.63, 3.8) is 0 Å². The van der Waals surface area contributed by atoms with Gasteiger partial charge in [0, 0.05) is 37.5 Å². The molecule has 0 aliphatic carbocycles. The average Bonchev–Trinajstić information content (AvgIpc) is 3.19. The molecule has 3 atom stereocenters. The summed E-state index contributed by atoms with van der Waals surface area (Å²) in [5.41, 5.74) is 3.59. The van der Waals surface area contributed by atoms with Crippen LogP contribution in [-0.4, -0.2) is 55.7 Å². The molecule has 4 rings (SSSR count). The van der Waals surface area contributed by atoms with E-state index in [2.05, 4.69) is 16.0 Å². The lowest BCUT2D eigenvalue weighted by atomic mass is 10.1. The van der Waals surface area contributed by atoms with Crippen LogP contribution >= 0.6 is 0 Å². The Kier molecular flexibility index (Phi) is 8.40. The van der Waals surface area contributed by atoms with Crippen molar-refractivity contribution in [1.29, 1.82) is 0 Å². The molecule has 1 aliphatic heterocycles. The van der Waals surface area contributed by atoms with Gasteiger partial charge in [0.25, 0.3) is 5.56 Å². The van der Waals surface area contributed by atoms with Gasteiger partial charge in [-0.3, -0.25) is 14.9 Å². The number of carbonyl (C=O) groups is 1. The Morgan fingerprint density at radius 1 is 1.29 bits per heavy atom. The van der Waals surface area contributed by atoms with Crippen LogP contribution in [0.3, 0.4) is 0 Å². The van der Waals surface area contributed by atoms with Gasteiger partial charge in [0.05, 0.1) is 29.8 Å². The Morgan fingerprint density at radius 2 is 2.05 bits per heavy atom. The number of hydrogen-bond donors (Lipinski definition) is 2. The van der Waals surface area contributed by atoms with Crippen molar-refractivity contribution in [2.45, 2.75) is 90.8 Å². The minimum Gasteiger partial charge on any atom is -0.459 e. The summed E-state index contributed by atoms with van der Waals surface area (Å²) in [5.74, 6) is 0.300. The highest BCUT2D eigenvalue weighted by molar-refractivity contribution is 5.81. The molecule has 1 aliphatic rings. The number of imidazole rings is 1. The molecule has 0 amide bonds. The number of aliphatic hydroxyl groups is 1.